The summed E-state index contributed by atoms with van der Waals surface area (Å²) in [5.41, 5.74) is 6.02. The predicted octanol–water partition coefficient (Wildman–Crippen LogP) is 3.64. The number of ether oxygens (including phenoxy) is 2. The van der Waals surface area contributed by atoms with Crippen molar-refractivity contribution in [3.05, 3.63) is 77.4 Å². The van der Waals surface area contributed by atoms with E-state index in [1.165, 1.54) is 36.5 Å². The van der Waals surface area contributed by atoms with Crippen LogP contribution in [0.5, 0.6) is 11.5 Å². The Bertz CT molecular complexity index is 1120. The van der Waals surface area contributed by atoms with Gasteiger partial charge in [0.25, 0.3) is 5.91 Å². The first kappa shape index (κ1) is 19.5. The Labute approximate surface area is 174 Å². The van der Waals surface area contributed by atoms with Gasteiger partial charge in [-0.1, -0.05) is 30.3 Å². The van der Waals surface area contributed by atoms with Gasteiger partial charge in [0.1, 0.15) is 0 Å². The van der Waals surface area contributed by atoms with E-state index in [-0.39, 0.29) is 18.4 Å². The van der Waals surface area contributed by atoms with Crippen molar-refractivity contribution in [2.24, 2.45) is 0 Å². The van der Waals surface area contributed by atoms with E-state index in [1.807, 2.05) is 30.3 Å². The number of methoxy groups -OCH3 is 2. The summed E-state index contributed by atoms with van der Waals surface area (Å²) in [6.07, 6.45) is 0.852. The number of hydrogen-bond acceptors (Lipinski definition) is 4. The average Bonchev–Trinajstić information content (AvgIpc) is 3.14. The number of carbonyl (C=O) groups excluding carboxylic acids is 2. The lowest BCUT2D eigenvalue weighted by Crippen LogP contribution is -2.32. The Balaban J connectivity index is 1.37. The molecule has 0 radical (unpaired) electrons. The zero-order chi connectivity index (χ0) is 21.1. The largest absolute Gasteiger partial charge is 0.493 e. The molecular weight excluding hydrogens is 380 g/mol. The summed E-state index contributed by atoms with van der Waals surface area (Å²) < 4.78 is 10.4. The molecule has 0 unspecified atom stereocenters. The van der Waals surface area contributed by atoms with Crippen LogP contribution in [0.4, 0.5) is 5.69 Å². The van der Waals surface area contributed by atoms with Crippen LogP contribution in [-0.4, -0.2) is 32.6 Å². The van der Waals surface area contributed by atoms with E-state index in [4.69, 9.17) is 9.47 Å². The molecule has 0 fully saturated rings. The highest BCUT2D eigenvalue weighted by Crippen LogP contribution is 2.37. The van der Waals surface area contributed by atoms with E-state index in [1.54, 1.807) is 18.2 Å². The third-order valence-electron chi connectivity index (χ3n) is 5.13. The second-order valence-corrected chi connectivity index (χ2v) is 7.01. The number of anilines is 1. The van der Waals surface area contributed by atoms with Crippen LogP contribution in [0, 0.1) is 0 Å². The molecule has 6 heteroatoms. The topological polar surface area (TPSA) is 76.7 Å². The Morgan fingerprint density at radius 1 is 0.867 bits per heavy atom. The monoisotopic (exact) mass is 402 g/mol. The lowest BCUT2D eigenvalue weighted by molar-refractivity contribution is -0.115. The van der Waals surface area contributed by atoms with E-state index >= 15 is 0 Å². The fourth-order valence-electron chi connectivity index (χ4n) is 3.67. The number of hydrogen-bond donors (Lipinski definition) is 2. The summed E-state index contributed by atoms with van der Waals surface area (Å²) in [6, 6.07) is 19.0. The summed E-state index contributed by atoms with van der Waals surface area (Å²) in [5, 5.41) is 5.47. The molecule has 3 aromatic rings. The van der Waals surface area contributed by atoms with E-state index < -0.39 is 0 Å². The Morgan fingerprint density at radius 2 is 1.63 bits per heavy atom. The van der Waals surface area contributed by atoms with Gasteiger partial charge in [-0.05, 0) is 59.0 Å². The lowest BCUT2D eigenvalue weighted by atomic mass is 10.1. The number of rotatable bonds is 6. The van der Waals surface area contributed by atoms with Crippen LogP contribution in [0.2, 0.25) is 0 Å². The second kappa shape index (κ2) is 8.29. The van der Waals surface area contributed by atoms with Gasteiger partial charge in [-0.2, -0.15) is 0 Å². The van der Waals surface area contributed by atoms with Crippen molar-refractivity contribution >= 4 is 17.5 Å². The molecule has 4 rings (SSSR count). The van der Waals surface area contributed by atoms with Gasteiger partial charge in [-0.3, -0.25) is 9.59 Å². The van der Waals surface area contributed by atoms with Gasteiger partial charge in [0.05, 0.1) is 20.8 Å². The smallest absolute Gasteiger partial charge is 0.251 e. The normalized spacial score (nSPS) is 11.3. The number of benzene rings is 3. The summed E-state index contributed by atoms with van der Waals surface area (Å²) in [7, 11) is 3.03. The first-order valence-electron chi connectivity index (χ1n) is 9.60. The minimum atomic E-state index is -0.365. The zero-order valence-corrected chi connectivity index (χ0v) is 16.8. The first-order valence-corrected chi connectivity index (χ1v) is 9.60. The summed E-state index contributed by atoms with van der Waals surface area (Å²) >= 11 is 0. The fraction of sp³-hybridized carbons (Fsp3) is 0.167. The minimum absolute atomic E-state index is 0.134. The lowest BCUT2D eigenvalue weighted by Gasteiger charge is -2.11. The fourth-order valence-corrected chi connectivity index (χ4v) is 3.67. The molecule has 0 aromatic heterocycles. The molecule has 0 saturated carbocycles. The number of nitrogens with one attached hydrogen (secondary N) is 2. The van der Waals surface area contributed by atoms with Gasteiger partial charge in [0.15, 0.2) is 11.5 Å². The number of carbonyl (C=O) groups is 2. The molecule has 0 spiro atoms. The van der Waals surface area contributed by atoms with Crippen LogP contribution in [0.3, 0.4) is 0 Å². The molecule has 0 aliphatic heterocycles. The Hall–Kier alpha value is -3.80. The molecular formula is C24H22N2O4. The van der Waals surface area contributed by atoms with Crippen LogP contribution in [0.15, 0.2) is 60.7 Å². The van der Waals surface area contributed by atoms with Crippen LogP contribution in [-0.2, 0) is 11.2 Å². The van der Waals surface area contributed by atoms with Gasteiger partial charge in [-0.25, -0.2) is 0 Å². The van der Waals surface area contributed by atoms with Crippen molar-refractivity contribution in [1.29, 1.82) is 0 Å². The highest BCUT2D eigenvalue weighted by atomic mass is 16.5. The molecule has 2 N–H and O–H groups in total. The van der Waals surface area contributed by atoms with Gasteiger partial charge >= 0.3 is 0 Å². The van der Waals surface area contributed by atoms with Crippen LogP contribution in [0.1, 0.15) is 21.5 Å². The molecule has 6 nitrogen and oxygen atoms in total. The third kappa shape index (κ3) is 3.85. The average molecular weight is 402 g/mol. The van der Waals surface area contributed by atoms with Crippen molar-refractivity contribution in [2.45, 2.75) is 6.42 Å². The first-order chi connectivity index (χ1) is 14.6. The quantitative estimate of drug-likeness (QED) is 0.516. The molecule has 1 aliphatic rings. The van der Waals surface area contributed by atoms with E-state index in [2.05, 4.69) is 22.8 Å². The van der Waals surface area contributed by atoms with Crippen molar-refractivity contribution in [3.63, 3.8) is 0 Å². The highest BCUT2D eigenvalue weighted by molar-refractivity contribution is 6.00. The molecule has 30 heavy (non-hydrogen) atoms. The van der Waals surface area contributed by atoms with Gasteiger partial charge in [0.2, 0.25) is 5.91 Å². The Kier molecular flexibility index (Phi) is 5.39. The predicted molar refractivity (Wildman–Crippen MR) is 115 cm³/mol. The van der Waals surface area contributed by atoms with Gasteiger partial charge in [-0.15, -0.1) is 0 Å². The molecule has 2 amide bonds. The zero-order valence-electron chi connectivity index (χ0n) is 16.8. The molecule has 0 saturated heterocycles. The van der Waals surface area contributed by atoms with Crippen LogP contribution >= 0.6 is 0 Å². The van der Waals surface area contributed by atoms with Gasteiger partial charge in [0, 0.05) is 11.3 Å². The van der Waals surface area contributed by atoms with Crippen LogP contribution in [0.25, 0.3) is 11.1 Å². The Morgan fingerprint density at radius 3 is 2.43 bits per heavy atom. The van der Waals surface area contributed by atoms with Crippen molar-refractivity contribution in [2.75, 3.05) is 26.1 Å². The molecule has 0 heterocycles. The van der Waals surface area contributed by atoms with Crippen molar-refractivity contribution in [1.82, 2.24) is 5.32 Å². The molecule has 0 atom stereocenters. The summed E-state index contributed by atoms with van der Waals surface area (Å²) in [5.74, 6) is 0.328. The molecule has 1 aliphatic carbocycles. The second-order valence-electron chi connectivity index (χ2n) is 7.01. The molecule has 0 bridgehead atoms. The maximum Gasteiger partial charge on any atom is 0.251 e. The van der Waals surface area contributed by atoms with Crippen LogP contribution < -0.4 is 20.1 Å². The standard InChI is InChI=1S/C24H22N2O4/c1-29-21-10-7-16(13-22(21)30-2)24(28)25-14-23(27)26-18-8-9-20-17(12-18)11-15-5-3-4-6-19(15)20/h3-10,12-13H,11,14H2,1-2H3,(H,25,28)(H,26,27). The number of fused-ring (bicyclic) bond motifs is 3. The minimum Gasteiger partial charge on any atom is -0.493 e. The maximum atomic E-state index is 12.4. The molecule has 3 aromatic carbocycles. The highest BCUT2D eigenvalue weighted by Gasteiger charge is 2.18. The molecule has 152 valence electrons. The number of amides is 2. The van der Waals surface area contributed by atoms with Gasteiger partial charge < -0.3 is 20.1 Å². The third-order valence-corrected chi connectivity index (χ3v) is 5.13. The summed E-state index contributed by atoms with van der Waals surface area (Å²) in [6.45, 7) is -0.134. The van der Waals surface area contributed by atoms with Crippen molar-refractivity contribution < 1.29 is 19.1 Å². The SMILES string of the molecule is COc1ccc(C(=O)NCC(=O)Nc2ccc3c(c2)Cc2ccccc2-3)cc1OC. The van der Waals surface area contributed by atoms with E-state index in [0.717, 1.165) is 6.42 Å². The summed E-state index contributed by atoms with van der Waals surface area (Å²) in [4.78, 5) is 24.7. The van der Waals surface area contributed by atoms with Crippen molar-refractivity contribution in [3.8, 4) is 22.6 Å². The van der Waals surface area contributed by atoms with E-state index in [9.17, 15) is 9.59 Å². The van der Waals surface area contributed by atoms with E-state index in [0.29, 0.717) is 22.7 Å². The maximum absolute atomic E-state index is 12.4.